The summed E-state index contributed by atoms with van der Waals surface area (Å²) >= 11 is 0. The molecule has 1 atom stereocenters. The first-order valence-electron chi connectivity index (χ1n) is 11.2. The molecular weight excluding hydrogens is 436 g/mol. The van der Waals surface area contributed by atoms with Gasteiger partial charge in [0.15, 0.2) is 11.5 Å². The van der Waals surface area contributed by atoms with Gasteiger partial charge in [0, 0.05) is 57.3 Å². The van der Waals surface area contributed by atoms with Gasteiger partial charge in [-0.1, -0.05) is 24.0 Å². The minimum atomic E-state index is -1.67. The van der Waals surface area contributed by atoms with Crippen LogP contribution in [-0.2, 0) is 9.53 Å². The first-order chi connectivity index (χ1) is 16.4. The molecule has 1 aromatic carbocycles. The number of carbonyl (C=O) groups excluding carboxylic acids is 2. The van der Waals surface area contributed by atoms with Crippen molar-refractivity contribution in [2.45, 2.75) is 12.0 Å². The maximum atomic E-state index is 12.1. The molecule has 178 valence electrons. The number of amides is 2. The van der Waals surface area contributed by atoms with Crippen LogP contribution in [0.3, 0.4) is 0 Å². The van der Waals surface area contributed by atoms with E-state index >= 15 is 0 Å². The fourth-order valence-corrected chi connectivity index (χ4v) is 3.89. The molecule has 4 rings (SSSR count). The fraction of sp³-hybridized carbons (Fsp3) is 0.417. The zero-order chi connectivity index (χ0) is 24.1. The average molecular weight is 465 g/mol. The number of aliphatic hydroxyl groups is 1. The second-order valence-electron chi connectivity index (χ2n) is 8.37. The number of anilines is 1. The third-order valence-electron chi connectivity index (χ3n) is 5.91. The van der Waals surface area contributed by atoms with E-state index in [1.165, 1.54) is 4.90 Å². The van der Waals surface area contributed by atoms with Gasteiger partial charge in [0.05, 0.1) is 25.1 Å². The van der Waals surface area contributed by atoms with Gasteiger partial charge in [-0.05, 0) is 12.1 Å². The van der Waals surface area contributed by atoms with E-state index in [0.29, 0.717) is 35.7 Å². The molecule has 2 aliphatic heterocycles. The van der Waals surface area contributed by atoms with Crippen molar-refractivity contribution in [3.8, 4) is 23.2 Å². The molecule has 2 aromatic rings. The minimum absolute atomic E-state index is 0.109. The largest absolute Gasteiger partial charge is 0.381 e. The summed E-state index contributed by atoms with van der Waals surface area (Å²) in [5, 5.41) is 13.7. The molecule has 10 heteroatoms. The molecule has 3 heterocycles. The van der Waals surface area contributed by atoms with Gasteiger partial charge >= 0.3 is 0 Å². The van der Waals surface area contributed by atoms with Crippen LogP contribution in [0.25, 0.3) is 11.4 Å². The standard InChI is InChI=1S/C24H28N6O4/c1-29-9-7-24(33,23(29)32)6-5-17-3-2-4-18(15-17)22-27-16-19(20(28-22)21(25)31)26-8-10-30-11-13-34-14-12-30/h2-4,15-16,26,33H,7-14H2,1H3,(H2,25,31). The van der Waals surface area contributed by atoms with Gasteiger partial charge in [0.2, 0.25) is 5.60 Å². The molecule has 2 amide bonds. The number of likely N-dealkylation sites (N-methyl/N-ethyl adjacent to an activating group) is 1. The van der Waals surface area contributed by atoms with Crippen molar-refractivity contribution >= 4 is 17.5 Å². The Hall–Kier alpha value is -3.52. The number of primary amides is 1. The van der Waals surface area contributed by atoms with Gasteiger partial charge in [0.25, 0.3) is 11.8 Å². The van der Waals surface area contributed by atoms with Crippen LogP contribution in [-0.4, -0.2) is 95.3 Å². The quantitative estimate of drug-likeness (QED) is 0.506. The van der Waals surface area contributed by atoms with Crippen molar-refractivity contribution in [3.63, 3.8) is 0 Å². The molecule has 2 aliphatic rings. The van der Waals surface area contributed by atoms with Crippen LogP contribution >= 0.6 is 0 Å². The summed E-state index contributed by atoms with van der Waals surface area (Å²) in [6.45, 7) is 5.07. The number of morpholine rings is 1. The summed E-state index contributed by atoms with van der Waals surface area (Å²) in [7, 11) is 1.64. The average Bonchev–Trinajstić information content (AvgIpc) is 3.11. The Kier molecular flexibility index (Phi) is 7.07. The lowest BCUT2D eigenvalue weighted by atomic mass is 10.0. The van der Waals surface area contributed by atoms with Crippen molar-refractivity contribution in [2.24, 2.45) is 5.73 Å². The van der Waals surface area contributed by atoms with Crippen LogP contribution in [0.15, 0.2) is 30.5 Å². The highest BCUT2D eigenvalue weighted by molar-refractivity contribution is 5.96. The molecule has 0 aliphatic carbocycles. The lowest BCUT2D eigenvalue weighted by Crippen LogP contribution is -2.39. The van der Waals surface area contributed by atoms with E-state index in [2.05, 4.69) is 32.0 Å². The van der Waals surface area contributed by atoms with Crippen LogP contribution in [0, 0.1) is 11.8 Å². The maximum Gasteiger partial charge on any atom is 0.269 e. The van der Waals surface area contributed by atoms with Crippen molar-refractivity contribution in [1.82, 2.24) is 19.8 Å². The molecule has 34 heavy (non-hydrogen) atoms. The summed E-state index contributed by atoms with van der Waals surface area (Å²) in [6.07, 6.45) is 1.82. The number of nitrogens with one attached hydrogen (secondary N) is 1. The number of nitrogens with zero attached hydrogens (tertiary/aromatic N) is 4. The molecular formula is C24H28N6O4. The highest BCUT2D eigenvalue weighted by Crippen LogP contribution is 2.22. The van der Waals surface area contributed by atoms with Crippen LogP contribution in [0.5, 0.6) is 0 Å². The molecule has 0 spiro atoms. The summed E-state index contributed by atoms with van der Waals surface area (Å²) in [4.78, 5) is 36.7. The lowest BCUT2D eigenvalue weighted by molar-refractivity contribution is -0.137. The van der Waals surface area contributed by atoms with E-state index in [1.54, 1.807) is 37.5 Å². The topological polar surface area (TPSA) is 134 Å². The minimum Gasteiger partial charge on any atom is -0.381 e. The van der Waals surface area contributed by atoms with E-state index in [0.717, 1.165) is 32.8 Å². The molecule has 1 aromatic heterocycles. The van der Waals surface area contributed by atoms with Crippen molar-refractivity contribution in [1.29, 1.82) is 0 Å². The maximum absolute atomic E-state index is 12.1. The second kappa shape index (κ2) is 10.2. The SMILES string of the molecule is CN1CCC(O)(C#Cc2cccc(-c3ncc(NCCN4CCOCC4)c(C(N)=O)n3)c2)C1=O. The third-order valence-corrected chi connectivity index (χ3v) is 5.91. The number of likely N-dealkylation sites (tertiary alicyclic amines) is 1. The van der Waals surface area contributed by atoms with Gasteiger partial charge in [-0.3, -0.25) is 14.5 Å². The van der Waals surface area contributed by atoms with Crippen LogP contribution < -0.4 is 11.1 Å². The molecule has 10 nitrogen and oxygen atoms in total. The highest BCUT2D eigenvalue weighted by Gasteiger charge is 2.42. The Bertz CT molecular complexity index is 1140. The number of nitrogens with two attached hydrogens (primary N) is 1. The number of rotatable bonds is 6. The van der Waals surface area contributed by atoms with E-state index in [9.17, 15) is 14.7 Å². The lowest BCUT2D eigenvalue weighted by Gasteiger charge is -2.26. The third kappa shape index (κ3) is 5.34. The Morgan fingerprint density at radius 1 is 1.32 bits per heavy atom. The fourth-order valence-electron chi connectivity index (χ4n) is 3.89. The molecule has 0 radical (unpaired) electrons. The van der Waals surface area contributed by atoms with Crippen LogP contribution in [0.1, 0.15) is 22.5 Å². The first-order valence-corrected chi connectivity index (χ1v) is 11.2. The van der Waals surface area contributed by atoms with Gasteiger partial charge in [-0.15, -0.1) is 0 Å². The predicted octanol–water partition coefficient (Wildman–Crippen LogP) is -0.0687. The Labute approximate surface area is 198 Å². The number of hydrogen-bond donors (Lipinski definition) is 3. The van der Waals surface area contributed by atoms with Crippen LogP contribution in [0.2, 0.25) is 0 Å². The smallest absolute Gasteiger partial charge is 0.269 e. The predicted molar refractivity (Wildman–Crippen MR) is 126 cm³/mol. The van der Waals surface area contributed by atoms with E-state index in [-0.39, 0.29) is 12.1 Å². The molecule has 4 N–H and O–H groups in total. The zero-order valence-corrected chi connectivity index (χ0v) is 19.1. The van der Waals surface area contributed by atoms with Gasteiger partial charge < -0.3 is 25.8 Å². The molecule has 1 unspecified atom stereocenters. The molecule has 0 bridgehead atoms. The van der Waals surface area contributed by atoms with Gasteiger partial charge in [-0.2, -0.15) is 0 Å². The van der Waals surface area contributed by atoms with E-state index in [4.69, 9.17) is 10.5 Å². The Morgan fingerprint density at radius 3 is 2.82 bits per heavy atom. The summed E-state index contributed by atoms with van der Waals surface area (Å²) in [5.74, 6) is 4.85. The van der Waals surface area contributed by atoms with Gasteiger partial charge in [0.1, 0.15) is 0 Å². The Morgan fingerprint density at radius 2 is 2.12 bits per heavy atom. The van der Waals surface area contributed by atoms with Crippen molar-refractivity contribution in [3.05, 3.63) is 41.7 Å². The number of aromatic nitrogens is 2. The summed E-state index contributed by atoms with van der Waals surface area (Å²) < 4.78 is 5.35. The number of carbonyl (C=O) groups is 2. The molecule has 0 saturated carbocycles. The zero-order valence-electron chi connectivity index (χ0n) is 19.1. The van der Waals surface area contributed by atoms with E-state index in [1.807, 2.05) is 0 Å². The highest BCUT2D eigenvalue weighted by atomic mass is 16.5. The summed E-state index contributed by atoms with van der Waals surface area (Å²) in [5.41, 5.74) is 5.72. The monoisotopic (exact) mass is 464 g/mol. The number of ether oxygens (including phenoxy) is 1. The first kappa shape index (κ1) is 23.6. The van der Waals surface area contributed by atoms with E-state index < -0.39 is 17.4 Å². The van der Waals surface area contributed by atoms with Crippen molar-refractivity contribution in [2.75, 3.05) is 58.3 Å². The molecule has 2 saturated heterocycles. The van der Waals surface area contributed by atoms with Crippen LogP contribution in [0.4, 0.5) is 5.69 Å². The Balaban J connectivity index is 1.50. The van der Waals surface area contributed by atoms with Crippen molar-refractivity contribution < 1.29 is 19.4 Å². The normalized spacial score (nSPS) is 20.6. The molecule has 2 fully saturated rings. The van der Waals surface area contributed by atoms with Gasteiger partial charge in [-0.25, -0.2) is 9.97 Å². The summed E-state index contributed by atoms with van der Waals surface area (Å²) in [6, 6.07) is 7.07. The second-order valence-corrected chi connectivity index (χ2v) is 8.37. The number of hydrogen-bond acceptors (Lipinski definition) is 8. The number of benzene rings is 1.